The lowest BCUT2D eigenvalue weighted by molar-refractivity contribution is 0.410. The van der Waals surface area contributed by atoms with Gasteiger partial charge < -0.3 is 4.74 Å². The first kappa shape index (κ1) is 16.3. The quantitative estimate of drug-likeness (QED) is 0.809. The maximum absolute atomic E-state index is 12.0. The molecule has 6 heteroatoms. The number of hydrogen-bond acceptors (Lipinski definition) is 3. The zero-order valence-electron chi connectivity index (χ0n) is 12.5. The number of benzene rings is 1. The summed E-state index contributed by atoms with van der Waals surface area (Å²) in [6.45, 7) is 0.384. The summed E-state index contributed by atoms with van der Waals surface area (Å²) in [5, 5.41) is 0. The first-order valence-electron chi connectivity index (χ1n) is 7.49. The van der Waals surface area contributed by atoms with E-state index in [9.17, 15) is 8.42 Å². The normalized spacial score (nSPS) is 16.8. The monoisotopic (exact) mass is 312 g/mol. The largest absolute Gasteiger partial charge is 0.497 e. The first-order valence-corrected chi connectivity index (χ1v) is 8.97. The van der Waals surface area contributed by atoms with Gasteiger partial charge >= 0.3 is 0 Å². The van der Waals surface area contributed by atoms with Crippen molar-refractivity contribution in [2.45, 2.75) is 44.6 Å². The highest BCUT2D eigenvalue weighted by molar-refractivity contribution is 7.87. The van der Waals surface area contributed by atoms with Crippen LogP contribution < -0.4 is 14.2 Å². The molecule has 0 amide bonds. The van der Waals surface area contributed by atoms with Crippen LogP contribution >= 0.6 is 0 Å². The summed E-state index contributed by atoms with van der Waals surface area (Å²) in [5.41, 5.74) is 1.05. The van der Waals surface area contributed by atoms with Gasteiger partial charge in [-0.1, -0.05) is 31.4 Å². The van der Waals surface area contributed by atoms with E-state index in [2.05, 4.69) is 9.44 Å². The minimum atomic E-state index is -3.40. The van der Waals surface area contributed by atoms with Crippen molar-refractivity contribution in [3.8, 4) is 5.75 Å². The summed E-state index contributed by atoms with van der Waals surface area (Å²) in [4.78, 5) is 0. The maximum Gasteiger partial charge on any atom is 0.277 e. The fourth-order valence-corrected chi connectivity index (χ4v) is 3.77. The highest BCUT2D eigenvalue weighted by atomic mass is 32.2. The van der Waals surface area contributed by atoms with E-state index in [1.54, 1.807) is 7.11 Å². The van der Waals surface area contributed by atoms with E-state index in [1.165, 1.54) is 6.42 Å². The van der Waals surface area contributed by atoms with Gasteiger partial charge in [0, 0.05) is 12.6 Å². The zero-order valence-corrected chi connectivity index (χ0v) is 13.3. The van der Waals surface area contributed by atoms with Crippen LogP contribution in [-0.4, -0.2) is 28.1 Å². The van der Waals surface area contributed by atoms with Crippen LogP contribution in [0.2, 0.25) is 0 Å². The van der Waals surface area contributed by atoms with Crippen LogP contribution in [0.15, 0.2) is 24.3 Å². The van der Waals surface area contributed by atoms with Gasteiger partial charge in [0.05, 0.1) is 7.11 Å². The molecule has 0 unspecified atom stereocenters. The molecule has 0 atom stereocenters. The second kappa shape index (κ2) is 7.77. The fourth-order valence-electron chi connectivity index (χ4n) is 2.64. The first-order chi connectivity index (χ1) is 10.1. The Kier molecular flexibility index (Phi) is 6.02. The minimum Gasteiger partial charge on any atom is -0.497 e. The zero-order chi connectivity index (χ0) is 15.1. The van der Waals surface area contributed by atoms with Crippen molar-refractivity contribution in [2.24, 2.45) is 0 Å². The molecule has 0 spiro atoms. The molecule has 1 aliphatic carbocycles. The highest BCUT2D eigenvalue weighted by Crippen LogP contribution is 2.17. The predicted octanol–water partition coefficient (Wildman–Crippen LogP) is 1.99. The molecule has 21 heavy (non-hydrogen) atoms. The topological polar surface area (TPSA) is 67.4 Å². The van der Waals surface area contributed by atoms with Gasteiger partial charge in [0.2, 0.25) is 0 Å². The number of methoxy groups -OCH3 is 1. The summed E-state index contributed by atoms with van der Waals surface area (Å²) in [7, 11) is -1.78. The summed E-state index contributed by atoms with van der Waals surface area (Å²) in [6.07, 6.45) is 5.95. The molecule has 0 radical (unpaired) electrons. The fraction of sp³-hybridized carbons (Fsp3) is 0.600. The molecule has 1 aromatic rings. The van der Waals surface area contributed by atoms with Crippen molar-refractivity contribution in [3.63, 3.8) is 0 Å². The van der Waals surface area contributed by atoms with Crippen molar-refractivity contribution in [1.29, 1.82) is 0 Å². The van der Waals surface area contributed by atoms with Gasteiger partial charge in [-0.2, -0.15) is 13.1 Å². The minimum absolute atomic E-state index is 0.0908. The molecular weight excluding hydrogens is 288 g/mol. The number of nitrogens with one attached hydrogen (secondary N) is 2. The number of hydrogen-bond donors (Lipinski definition) is 2. The molecule has 1 aliphatic rings. The van der Waals surface area contributed by atoms with Gasteiger partial charge in [0.1, 0.15) is 5.75 Å². The van der Waals surface area contributed by atoms with E-state index in [-0.39, 0.29) is 6.04 Å². The van der Waals surface area contributed by atoms with Crippen LogP contribution in [0.3, 0.4) is 0 Å². The molecule has 2 N–H and O–H groups in total. The van der Waals surface area contributed by atoms with Gasteiger partial charge in [-0.3, -0.25) is 0 Å². The van der Waals surface area contributed by atoms with Gasteiger partial charge in [0.15, 0.2) is 0 Å². The molecule has 0 aliphatic heterocycles. The van der Waals surface area contributed by atoms with Crippen molar-refractivity contribution >= 4 is 10.2 Å². The lowest BCUT2D eigenvalue weighted by atomic mass is 9.96. The smallest absolute Gasteiger partial charge is 0.277 e. The van der Waals surface area contributed by atoms with Crippen LogP contribution in [0, 0.1) is 0 Å². The molecule has 0 saturated heterocycles. The molecule has 1 fully saturated rings. The van der Waals surface area contributed by atoms with Crippen LogP contribution in [-0.2, 0) is 16.6 Å². The molecule has 2 rings (SSSR count). The van der Waals surface area contributed by atoms with Gasteiger partial charge in [-0.25, -0.2) is 4.72 Å². The van der Waals surface area contributed by atoms with Crippen molar-refractivity contribution in [1.82, 2.24) is 9.44 Å². The highest BCUT2D eigenvalue weighted by Gasteiger charge is 2.19. The molecule has 0 aromatic heterocycles. The van der Waals surface area contributed by atoms with Crippen LogP contribution in [0.4, 0.5) is 0 Å². The average Bonchev–Trinajstić information content (AvgIpc) is 2.48. The van der Waals surface area contributed by atoms with Gasteiger partial charge in [-0.15, -0.1) is 0 Å². The Labute approximate surface area is 127 Å². The Bertz CT molecular complexity index is 540. The van der Waals surface area contributed by atoms with E-state index in [4.69, 9.17) is 4.74 Å². The molecule has 0 bridgehead atoms. The lowest BCUT2D eigenvalue weighted by Gasteiger charge is -2.22. The molecule has 1 aromatic carbocycles. The molecule has 0 heterocycles. The number of rotatable bonds is 7. The third-order valence-electron chi connectivity index (χ3n) is 3.77. The third-order valence-corrected chi connectivity index (χ3v) is 4.99. The van der Waals surface area contributed by atoms with E-state index in [1.807, 2.05) is 24.3 Å². The van der Waals surface area contributed by atoms with E-state index < -0.39 is 10.2 Å². The second-order valence-corrected chi connectivity index (χ2v) is 6.98. The summed E-state index contributed by atoms with van der Waals surface area (Å²) in [6, 6.07) is 7.75. The summed E-state index contributed by atoms with van der Waals surface area (Å²) >= 11 is 0. The summed E-state index contributed by atoms with van der Waals surface area (Å²) < 4.78 is 34.4. The van der Waals surface area contributed by atoms with Crippen molar-refractivity contribution < 1.29 is 13.2 Å². The van der Waals surface area contributed by atoms with E-state index >= 15 is 0 Å². The van der Waals surface area contributed by atoms with E-state index in [0.717, 1.165) is 37.0 Å². The average molecular weight is 312 g/mol. The Balaban J connectivity index is 1.78. The Morgan fingerprint density at radius 1 is 1.24 bits per heavy atom. The third kappa shape index (κ3) is 5.65. The van der Waals surface area contributed by atoms with Crippen LogP contribution in [0.25, 0.3) is 0 Å². The van der Waals surface area contributed by atoms with Crippen molar-refractivity contribution in [3.05, 3.63) is 29.8 Å². The lowest BCUT2D eigenvalue weighted by Crippen LogP contribution is -2.44. The Hall–Kier alpha value is -1.11. The standard InChI is InChI=1S/C15H24N2O3S/c1-20-15-9-5-6-13(12-15)10-11-16-21(18,19)17-14-7-3-2-4-8-14/h5-6,9,12,14,16-17H,2-4,7-8,10-11H2,1H3. The number of ether oxygens (including phenoxy) is 1. The second-order valence-electron chi connectivity index (χ2n) is 5.45. The maximum atomic E-state index is 12.0. The van der Waals surface area contributed by atoms with Gasteiger partial charge in [-0.05, 0) is 37.0 Å². The molecule has 118 valence electrons. The Morgan fingerprint density at radius 2 is 2.00 bits per heavy atom. The molecule has 1 saturated carbocycles. The predicted molar refractivity (Wildman–Crippen MR) is 83.6 cm³/mol. The SMILES string of the molecule is COc1cccc(CCNS(=O)(=O)NC2CCCCC2)c1. The molecular formula is C15H24N2O3S. The van der Waals surface area contributed by atoms with Crippen LogP contribution in [0.5, 0.6) is 5.75 Å². The molecule has 5 nitrogen and oxygen atoms in total. The van der Waals surface area contributed by atoms with E-state index in [0.29, 0.717) is 13.0 Å². The Morgan fingerprint density at radius 3 is 2.71 bits per heavy atom. The van der Waals surface area contributed by atoms with Crippen molar-refractivity contribution in [2.75, 3.05) is 13.7 Å². The van der Waals surface area contributed by atoms with Gasteiger partial charge in [0.25, 0.3) is 10.2 Å². The summed E-state index contributed by atoms with van der Waals surface area (Å²) in [5.74, 6) is 0.788. The van der Waals surface area contributed by atoms with Crippen LogP contribution in [0.1, 0.15) is 37.7 Å².